The van der Waals surface area contributed by atoms with Crippen molar-refractivity contribution < 1.29 is 0 Å². The molecule has 29 heavy (non-hydrogen) atoms. The van der Waals surface area contributed by atoms with Crippen molar-refractivity contribution in [1.29, 1.82) is 0 Å². The topological polar surface area (TPSA) is 73.2 Å². The Morgan fingerprint density at radius 2 is 2.00 bits per heavy atom. The number of hydrogen-bond acceptors (Lipinski definition) is 5. The Balaban J connectivity index is 1.63. The SMILES string of the molecule is CCn1c(=O)c2ccccc2n2c(CN3CCCCC3c3ccnn3C)nnc12. The van der Waals surface area contributed by atoms with Crippen LogP contribution < -0.4 is 5.56 Å². The molecule has 8 nitrogen and oxygen atoms in total. The van der Waals surface area contributed by atoms with Crippen molar-refractivity contribution in [3.63, 3.8) is 0 Å². The van der Waals surface area contributed by atoms with Crippen LogP contribution >= 0.6 is 0 Å². The fourth-order valence-corrected chi connectivity index (χ4v) is 4.61. The molecule has 1 saturated heterocycles. The Hall–Kier alpha value is -3.00. The molecule has 150 valence electrons. The normalized spacial score (nSPS) is 18.1. The van der Waals surface area contributed by atoms with Crippen LogP contribution in [-0.4, -0.2) is 40.4 Å². The van der Waals surface area contributed by atoms with Gasteiger partial charge in [0.25, 0.3) is 5.56 Å². The van der Waals surface area contributed by atoms with E-state index < -0.39 is 0 Å². The van der Waals surface area contributed by atoms with Crippen molar-refractivity contribution in [2.24, 2.45) is 7.05 Å². The first-order chi connectivity index (χ1) is 14.2. The van der Waals surface area contributed by atoms with Crippen molar-refractivity contribution in [3.05, 3.63) is 58.4 Å². The number of aromatic nitrogens is 6. The first kappa shape index (κ1) is 18.1. The van der Waals surface area contributed by atoms with Gasteiger partial charge >= 0.3 is 0 Å². The largest absolute Gasteiger partial charge is 0.287 e. The van der Waals surface area contributed by atoms with Crippen molar-refractivity contribution >= 4 is 16.7 Å². The smallest absolute Gasteiger partial charge is 0.262 e. The molecule has 0 aliphatic carbocycles. The van der Waals surface area contributed by atoms with Crippen LogP contribution in [0.5, 0.6) is 0 Å². The van der Waals surface area contributed by atoms with Gasteiger partial charge in [0.15, 0.2) is 5.82 Å². The molecule has 1 aromatic carbocycles. The highest BCUT2D eigenvalue weighted by Gasteiger charge is 2.28. The van der Waals surface area contributed by atoms with Gasteiger partial charge in [-0.2, -0.15) is 5.10 Å². The lowest BCUT2D eigenvalue weighted by molar-refractivity contribution is 0.130. The first-order valence-electron chi connectivity index (χ1n) is 10.3. The van der Waals surface area contributed by atoms with E-state index in [0.29, 0.717) is 30.3 Å². The molecule has 0 bridgehead atoms. The predicted molar refractivity (Wildman–Crippen MR) is 111 cm³/mol. The number of rotatable bonds is 4. The summed E-state index contributed by atoms with van der Waals surface area (Å²) in [4.78, 5) is 15.3. The maximum Gasteiger partial charge on any atom is 0.262 e. The average molecular weight is 391 g/mol. The molecule has 0 N–H and O–H groups in total. The minimum atomic E-state index is -0.0136. The molecule has 8 heteroatoms. The molecule has 1 fully saturated rings. The quantitative estimate of drug-likeness (QED) is 0.534. The third kappa shape index (κ3) is 2.86. The standard InChI is InChI=1S/C21H25N7O/c1-3-27-20(29)15-8-4-5-9-16(15)28-19(23-24-21(27)28)14-26-13-7-6-10-18(26)17-11-12-22-25(17)2/h4-5,8-9,11-12,18H,3,6-7,10,13-14H2,1-2H3. The Morgan fingerprint density at radius 1 is 1.14 bits per heavy atom. The second-order valence-corrected chi connectivity index (χ2v) is 7.68. The van der Waals surface area contributed by atoms with E-state index in [4.69, 9.17) is 0 Å². The van der Waals surface area contributed by atoms with Crippen LogP contribution in [0.1, 0.15) is 43.7 Å². The van der Waals surface area contributed by atoms with E-state index in [9.17, 15) is 4.79 Å². The first-order valence-corrected chi connectivity index (χ1v) is 10.3. The van der Waals surface area contributed by atoms with Gasteiger partial charge in [0.1, 0.15) is 0 Å². The van der Waals surface area contributed by atoms with E-state index in [1.165, 1.54) is 18.5 Å². The number of hydrogen-bond donors (Lipinski definition) is 0. The van der Waals surface area contributed by atoms with Crippen LogP contribution in [0.15, 0.2) is 41.3 Å². The average Bonchev–Trinajstić information content (AvgIpc) is 3.35. The van der Waals surface area contributed by atoms with Crippen LogP contribution in [0.2, 0.25) is 0 Å². The monoisotopic (exact) mass is 391 g/mol. The summed E-state index contributed by atoms with van der Waals surface area (Å²) in [6.07, 6.45) is 5.36. The molecule has 4 heterocycles. The molecule has 1 aliphatic heterocycles. The lowest BCUT2D eigenvalue weighted by Gasteiger charge is -2.35. The Kier molecular flexibility index (Phi) is 4.43. The molecule has 0 amide bonds. The molecule has 1 aliphatic rings. The Morgan fingerprint density at radius 3 is 2.79 bits per heavy atom. The summed E-state index contributed by atoms with van der Waals surface area (Å²) in [6.45, 7) is 4.22. The molecule has 3 aromatic heterocycles. The number of piperidine rings is 1. The van der Waals surface area contributed by atoms with Crippen LogP contribution in [0.25, 0.3) is 16.7 Å². The van der Waals surface area contributed by atoms with E-state index in [-0.39, 0.29) is 5.56 Å². The van der Waals surface area contributed by atoms with E-state index >= 15 is 0 Å². The highest BCUT2D eigenvalue weighted by molar-refractivity contribution is 5.80. The molecule has 0 radical (unpaired) electrons. The number of para-hydroxylation sites is 1. The molecule has 4 aromatic rings. The molecule has 1 unspecified atom stereocenters. The van der Waals surface area contributed by atoms with E-state index in [1.807, 2.05) is 49.1 Å². The second-order valence-electron chi connectivity index (χ2n) is 7.68. The van der Waals surface area contributed by atoms with Crippen molar-refractivity contribution in [3.8, 4) is 0 Å². The molecular weight excluding hydrogens is 366 g/mol. The van der Waals surface area contributed by atoms with Crippen molar-refractivity contribution in [2.75, 3.05) is 6.54 Å². The zero-order valence-corrected chi connectivity index (χ0v) is 16.8. The highest BCUT2D eigenvalue weighted by atomic mass is 16.1. The molecule has 5 rings (SSSR count). The summed E-state index contributed by atoms with van der Waals surface area (Å²) in [5.41, 5.74) is 2.08. The molecule has 1 atom stereocenters. The van der Waals surface area contributed by atoms with Gasteiger partial charge in [-0.05, 0) is 44.5 Å². The maximum absolute atomic E-state index is 12.9. The van der Waals surface area contributed by atoms with Gasteiger partial charge in [-0.1, -0.05) is 18.6 Å². The summed E-state index contributed by atoms with van der Waals surface area (Å²) >= 11 is 0. The number of nitrogens with zero attached hydrogens (tertiary/aromatic N) is 7. The summed E-state index contributed by atoms with van der Waals surface area (Å²) in [7, 11) is 2.00. The summed E-state index contributed by atoms with van der Waals surface area (Å²) in [5, 5.41) is 14.0. The maximum atomic E-state index is 12.9. The number of benzene rings is 1. The van der Waals surface area contributed by atoms with Crippen molar-refractivity contribution in [1.82, 2.24) is 33.8 Å². The van der Waals surface area contributed by atoms with Gasteiger partial charge in [0, 0.05) is 19.8 Å². The summed E-state index contributed by atoms with van der Waals surface area (Å²) in [5.74, 6) is 1.48. The molecule has 0 saturated carbocycles. The summed E-state index contributed by atoms with van der Waals surface area (Å²) in [6, 6.07) is 10.1. The fourth-order valence-electron chi connectivity index (χ4n) is 4.61. The van der Waals surface area contributed by atoms with Gasteiger partial charge in [-0.25, -0.2) is 0 Å². The third-order valence-corrected chi connectivity index (χ3v) is 6.05. The van der Waals surface area contributed by atoms with Gasteiger partial charge in [-0.3, -0.25) is 23.3 Å². The van der Waals surface area contributed by atoms with Gasteiger partial charge in [0.05, 0.1) is 29.2 Å². The van der Waals surface area contributed by atoms with Crippen LogP contribution in [-0.2, 0) is 20.1 Å². The fraction of sp³-hybridized carbons (Fsp3) is 0.429. The van der Waals surface area contributed by atoms with E-state index in [0.717, 1.165) is 24.3 Å². The lowest BCUT2D eigenvalue weighted by atomic mass is 9.99. The summed E-state index contributed by atoms with van der Waals surface area (Å²) < 4.78 is 5.72. The van der Waals surface area contributed by atoms with Crippen molar-refractivity contribution in [2.45, 2.75) is 45.3 Å². The third-order valence-electron chi connectivity index (χ3n) is 6.05. The van der Waals surface area contributed by atoms with E-state index in [2.05, 4.69) is 30.7 Å². The van der Waals surface area contributed by atoms with E-state index in [1.54, 1.807) is 4.57 Å². The molecule has 0 spiro atoms. The number of aryl methyl sites for hydroxylation is 2. The van der Waals surface area contributed by atoms with Crippen LogP contribution in [0.3, 0.4) is 0 Å². The van der Waals surface area contributed by atoms with Gasteiger partial charge in [-0.15, -0.1) is 10.2 Å². The zero-order valence-electron chi connectivity index (χ0n) is 16.8. The number of fused-ring (bicyclic) bond motifs is 3. The zero-order chi connectivity index (χ0) is 20.0. The van der Waals surface area contributed by atoms with Gasteiger partial charge < -0.3 is 0 Å². The molecular formula is C21H25N7O. The number of likely N-dealkylation sites (tertiary alicyclic amines) is 1. The second kappa shape index (κ2) is 7.11. The Labute approximate surface area is 168 Å². The Bertz CT molecular complexity index is 1240. The lowest BCUT2D eigenvalue weighted by Crippen LogP contribution is -2.34. The predicted octanol–water partition coefficient (Wildman–Crippen LogP) is 2.52. The minimum absolute atomic E-state index is 0.0136. The highest BCUT2D eigenvalue weighted by Crippen LogP contribution is 2.31. The van der Waals surface area contributed by atoms with Crippen LogP contribution in [0.4, 0.5) is 0 Å². The van der Waals surface area contributed by atoms with Crippen LogP contribution in [0, 0.1) is 0 Å². The van der Waals surface area contributed by atoms with Gasteiger partial charge in [0.2, 0.25) is 5.78 Å². The minimum Gasteiger partial charge on any atom is -0.287 e.